The second-order valence-electron chi connectivity index (χ2n) is 4.11. The zero-order chi connectivity index (χ0) is 13.5. The van der Waals surface area contributed by atoms with Crippen molar-refractivity contribution in [1.29, 1.82) is 5.26 Å². The zero-order valence-corrected chi connectivity index (χ0v) is 10.8. The van der Waals surface area contributed by atoms with Crippen LogP contribution >= 0.6 is 0 Å². The van der Waals surface area contributed by atoms with Crippen LogP contribution in [0.1, 0.15) is 17.0 Å². The largest absolute Gasteiger partial charge is 0.495 e. The minimum absolute atomic E-state index is 0.563. The molecule has 19 heavy (non-hydrogen) atoms. The summed E-state index contributed by atoms with van der Waals surface area (Å²) in [4.78, 5) is 7.21. The van der Waals surface area contributed by atoms with Crippen LogP contribution in [0.4, 0.5) is 0 Å². The quantitative estimate of drug-likeness (QED) is 0.770. The lowest BCUT2D eigenvalue weighted by Gasteiger charge is -2.07. The topological polar surface area (TPSA) is 73.7 Å². The maximum absolute atomic E-state index is 9.01. The van der Waals surface area contributed by atoms with E-state index in [0.717, 1.165) is 30.9 Å². The Morgan fingerprint density at radius 3 is 3.05 bits per heavy atom. The van der Waals surface area contributed by atoms with Crippen molar-refractivity contribution in [3.63, 3.8) is 0 Å². The monoisotopic (exact) mass is 256 g/mol. The van der Waals surface area contributed by atoms with Crippen molar-refractivity contribution in [3.8, 4) is 11.8 Å². The minimum Gasteiger partial charge on any atom is -0.495 e. The second-order valence-corrected chi connectivity index (χ2v) is 4.11. The van der Waals surface area contributed by atoms with E-state index in [0.29, 0.717) is 11.3 Å². The van der Waals surface area contributed by atoms with E-state index in [1.54, 1.807) is 13.3 Å². The van der Waals surface area contributed by atoms with Crippen LogP contribution in [0.25, 0.3) is 0 Å². The summed E-state index contributed by atoms with van der Waals surface area (Å²) >= 11 is 0. The predicted molar refractivity (Wildman–Crippen MR) is 71.7 cm³/mol. The van der Waals surface area contributed by atoms with Crippen LogP contribution in [0.5, 0.6) is 5.75 Å². The SMILES string of the molecule is COc1ccc(CNCCc2ncc[nH]2)cc1C#N. The number of imidazole rings is 1. The van der Waals surface area contributed by atoms with Gasteiger partial charge in [0.05, 0.1) is 12.7 Å². The van der Waals surface area contributed by atoms with Gasteiger partial charge in [0, 0.05) is 31.9 Å². The number of rotatable bonds is 6. The molecule has 0 fully saturated rings. The van der Waals surface area contributed by atoms with Gasteiger partial charge in [0.15, 0.2) is 0 Å². The van der Waals surface area contributed by atoms with Crippen LogP contribution in [0, 0.1) is 11.3 Å². The first kappa shape index (κ1) is 13.1. The molecule has 2 aromatic rings. The van der Waals surface area contributed by atoms with E-state index in [9.17, 15) is 0 Å². The molecule has 0 unspecified atom stereocenters. The lowest BCUT2D eigenvalue weighted by atomic mass is 10.1. The molecule has 0 atom stereocenters. The van der Waals surface area contributed by atoms with Gasteiger partial charge in [0.1, 0.15) is 17.6 Å². The van der Waals surface area contributed by atoms with Crippen LogP contribution in [0.3, 0.4) is 0 Å². The summed E-state index contributed by atoms with van der Waals surface area (Å²) in [5.41, 5.74) is 1.63. The number of hydrogen-bond donors (Lipinski definition) is 2. The van der Waals surface area contributed by atoms with Crippen molar-refractivity contribution < 1.29 is 4.74 Å². The first-order valence-corrected chi connectivity index (χ1v) is 6.09. The van der Waals surface area contributed by atoms with Crippen LogP contribution in [0.15, 0.2) is 30.6 Å². The minimum atomic E-state index is 0.563. The number of aromatic nitrogens is 2. The molecule has 1 aromatic heterocycles. The molecule has 2 rings (SSSR count). The summed E-state index contributed by atoms with van der Waals surface area (Å²) < 4.78 is 5.11. The lowest BCUT2D eigenvalue weighted by molar-refractivity contribution is 0.413. The third kappa shape index (κ3) is 3.57. The predicted octanol–water partition coefficient (Wildman–Crippen LogP) is 1.62. The average molecular weight is 256 g/mol. The molecule has 0 radical (unpaired) electrons. The van der Waals surface area contributed by atoms with Crippen LogP contribution in [0.2, 0.25) is 0 Å². The number of nitrogens with zero attached hydrogens (tertiary/aromatic N) is 2. The molecule has 0 spiro atoms. The van der Waals surface area contributed by atoms with Crippen molar-refractivity contribution in [2.24, 2.45) is 0 Å². The van der Waals surface area contributed by atoms with Gasteiger partial charge in [-0.25, -0.2) is 4.98 Å². The fourth-order valence-electron chi connectivity index (χ4n) is 1.83. The average Bonchev–Trinajstić information content (AvgIpc) is 2.96. The smallest absolute Gasteiger partial charge is 0.136 e. The standard InChI is InChI=1S/C14H16N4O/c1-19-13-3-2-11(8-12(13)9-15)10-16-5-4-14-17-6-7-18-14/h2-3,6-8,16H,4-5,10H2,1H3,(H,17,18). The third-order valence-electron chi connectivity index (χ3n) is 2.81. The van der Waals surface area contributed by atoms with Crippen LogP contribution < -0.4 is 10.1 Å². The molecule has 0 amide bonds. The molecule has 5 heteroatoms. The number of H-pyrrole nitrogens is 1. The normalized spacial score (nSPS) is 10.1. The van der Waals surface area contributed by atoms with Crippen molar-refractivity contribution in [2.75, 3.05) is 13.7 Å². The maximum atomic E-state index is 9.01. The molecule has 0 aliphatic heterocycles. The Hall–Kier alpha value is -2.32. The summed E-state index contributed by atoms with van der Waals surface area (Å²) in [7, 11) is 1.57. The number of benzene rings is 1. The molecule has 5 nitrogen and oxygen atoms in total. The Bertz CT molecular complexity index is 557. The molecule has 0 aliphatic carbocycles. The number of nitriles is 1. The third-order valence-corrected chi connectivity index (χ3v) is 2.81. The molecular formula is C14H16N4O. The molecule has 0 aliphatic rings. The number of nitrogens with one attached hydrogen (secondary N) is 2. The zero-order valence-electron chi connectivity index (χ0n) is 10.8. The number of aromatic amines is 1. The molecule has 1 heterocycles. The van der Waals surface area contributed by atoms with E-state index in [1.807, 2.05) is 24.4 Å². The van der Waals surface area contributed by atoms with Crippen LogP contribution in [-0.2, 0) is 13.0 Å². The summed E-state index contributed by atoms with van der Waals surface area (Å²) in [5, 5.41) is 12.3. The Morgan fingerprint density at radius 2 is 2.37 bits per heavy atom. The van der Waals surface area contributed by atoms with Gasteiger partial charge in [-0.3, -0.25) is 0 Å². The maximum Gasteiger partial charge on any atom is 0.136 e. The van der Waals surface area contributed by atoms with E-state index in [4.69, 9.17) is 10.00 Å². The second kappa shape index (κ2) is 6.57. The van der Waals surface area contributed by atoms with E-state index in [2.05, 4.69) is 21.4 Å². The summed E-state index contributed by atoms with van der Waals surface area (Å²) in [6.07, 6.45) is 4.42. The first-order chi connectivity index (χ1) is 9.33. The van der Waals surface area contributed by atoms with Gasteiger partial charge < -0.3 is 15.0 Å². The molecule has 0 saturated heterocycles. The van der Waals surface area contributed by atoms with E-state index in [-0.39, 0.29) is 0 Å². The van der Waals surface area contributed by atoms with E-state index >= 15 is 0 Å². The molecule has 1 aromatic carbocycles. The van der Waals surface area contributed by atoms with Crippen molar-refractivity contribution in [2.45, 2.75) is 13.0 Å². The molecule has 2 N–H and O–H groups in total. The van der Waals surface area contributed by atoms with Gasteiger partial charge in [-0.2, -0.15) is 5.26 Å². The number of ether oxygens (including phenoxy) is 1. The van der Waals surface area contributed by atoms with Crippen molar-refractivity contribution in [3.05, 3.63) is 47.5 Å². The van der Waals surface area contributed by atoms with Gasteiger partial charge in [-0.15, -0.1) is 0 Å². The van der Waals surface area contributed by atoms with Gasteiger partial charge >= 0.3 is 0 Å². The fraction of sp³-hybridized carbons (Fsp3) is 0.286. The van der Waals surface area contributed by atoms with Gasteiger partial charge in [0.2, 0.25) is 0 Å². The van der Waals surface area contributed by atoms with Crippen molar-refractivity contribution >= 4 is 0 Å². The molecule has 0 saturated carbocycles. The fourth-order valence-corrected chi connectivity index (χ4v) is 1.83. The Labute approximate surface area is 112 Å². The summed E-state index contributed by atoms with van der Waals surface area (Å²) in [5.74, 6) is 1.58. The Kier molecular flexibility index (Phi) is 4.54. The Morgan fingerprint density at radius 1 is 1.47 bits per heavy atom. The Balaban J connectivity index is 1.84. The van der Waals surface area contributed by atoms with E-state index in [1.165, 1.54) is 0 Å². The summed E-state index contributed by atoms with van der Waals surface area (Å²) in [6, 6.07) is 7.76. The molecule has 0 bridgehead atoms. The molecular weight excluding hydrogens is 240 g/mol. The lowest BCUT2D eigenvalue weighted by Crippen LogP contribution is -2.17. The highest BCUT2D eigenvalue weighted by molar-refractivity contribution is 5.45. The highest BCUT2D eigenvalue weighted by Crippen LogP contribution is 2.18. The van der Waals surface area contributed by atoms with Gasteiger partial charge in [-0.1, -0.05) is 6.07 Å². The van der Waals surface area contributed by atoms with Crippen molar-refractivity contribution in [1.82, 2.24) is 15.3 Å². The number of methoxy groups -OCH3 is 1. The first-order valence-electron chi connectivity index (χ1n) is 6.09. The van der Waals surface area contributed by atoms with Gasteiger partial charge in [-0.05, 0) is 17.7 Å². The highest BCUT2D eigenvalue weighted by Gasteiger charge is 2.03. The van der Waals surface area contributed by atoms with Gasteiger partial charge in [0.25, 0.3) is 0 Å². The molecule has 98 valence electrons. The van der Waals surface area contributed by atoms with Crippen LogP contribution in [-0.4, -0.2) is 23.6 Å². The summed E-state index contributed by atoms with van der Waals surface area (Å²) in [6.45, 7) is 1.56. The number of hydrogen-bond acceptors (Lipinski definition) is 4. The highest BCUT2D eigenvalue weighted by atomic mass is 16.5. The van der Waals surface area contributed by atoms with E-state index < -0.39 is 0 Å².